The molecule has 3 heterocycles. The molecule has 4 aromatic rings. The first-order valence-electron chi connectivity index (χ1n) is 8.96. The molecule has 0 saturated heterocycles. The number of carbonyl (C=O) groups is 1. The second kappa shape index (κ2) is 8.03. The van der Waals surface area contributed by atoms with Crippen molar-refractivity contribution in [2.45, 2.75) is 13.5 Å². The number of nitrogens with zero attached hydrogens (tertiary/aromatic N) is 6. The predicted octanol–water partition coefficient (Wildman–Crippen LogP) is 1.97. The van der Waals surface area contributed by atoms with Crippen LogP contribution in [0.3, 0.4) is 0 Å². The molecular weight excluding hydrogens is 389 g/mol. The zero-order valence-electron chi connectivity index (χ0n) is 15.9. The van der Waals surface area contributed by atoms with Crippen molar-refractivity contribution < 1.29 is 9.18 Å². The molecule has 1 aromatic carbocycles. The van der Waals surface area contributed by atoms with Gasteiger partial charge in [0.1, 0.15) is 36.1 Å². The normalized spacial score (nSPS) is 10.7. The monoisotopic (exact) mass is 405 g/mol. The number of imidazole rings is 1. The van der Waals surface area contributed by atoms with E-state index in [-0.39, 0.29) is 18.2 Å². The third kappa shape index (κ3) is 4.12. The number of anilines is 1. The highest BCUT2D eigenvalue weighted by Gasteiger charge is 2.11. The third-order valence-corrected chi connectivity index (χ3v) is 4.29. The Morgan fingerprint density at radius 1 is 1.10 bits per heavy atom. The van der Waals surface area contributed by atoms with Crippen molar-refractivity contribution in [1.82, 2.24) is 29.3 Å². The number of aromatic nitrogens is 6. The molecule has 0 aliphatic heterocycles. The number of rotatable bonds is 5. The Kier molecular flexibility index (Phi) is 5.12. The molecule has 0 bridgehead atoms. The highest BCUT2D eigenvalue weighted by atomic mass is 19.1. The van der Waals surface area contributed by atoms with Gasteiger partial charge in [0, 0.05) is 30.1 Å². The fourth-order valence-corrected chi connectivity index (χ4v) is 2.82. The molecule has 4 rings (SSSR count). The first-order valence-corrected chi connectivity index (χ1v) is 8.96. The summed E-state index contributed by atoms with van der Waals surface area (Å²) < 4.78 is 15.9. The molecule has 150 valence electrons. The Bertz CT molecular complexity index is 1260. The number of amides is 1. The molecule has 0 atom stereocenters. The first-order chi connectivity index (χ1) is 14.5. The summed E-state index contributed by atoms with van der Waals surface area (Å²) in [5.41, 5.74) is 0.637. The van der Waals surface area contributed by atoms with E-state index in [9.17, 15) is 14.0 Å². The molecule has 0 unspecified atom stereocenters. The van der Waals surface area contributed by atoms with Gasteiger partial charge in [-0.25, -0.2) is 24.0 Å². The van der Waals surface area contributed by atoms with Gasteiger partial charge >= 0.3 is 0 Å². The minimum absolute atomic E-state index is 0.279. The van der Waals surface area contributed by atoms with Crippen LogP contribution in [0.2, 0.25) is 0 Å². The molecule has 0 radical (unpaired) electrons. The van der Waals surface area contributed by atoms with Crippen LogP contribution in [0.5, 0.6) is 0 Å². The van der Waals surface area contributed by atoms with Crippen LogP contribution in [0, 0.1) is 12.7 Å². The quantitative estimate of drug-likeness (QED) is 0.544. The van der Waals surface area contributed by atoms with E-state index in [1.807, 2.05) is 6.92 Å². The van der Waals surface area contributed by atoms with Crippen LogP contribution in [0.4, 0.5) is 10.2 Å². The van der Waals surface area contributed by atoms with Gasteiger partial charge in [0.25, 0.3) is 5.56 Å². The molecule has 1 amide bonds. The van der Waals surface area contributed by atoms with E-state index < -0.39 is 11.5 Å². The standard InChI is InChI=1S/C20H16FN7O2/c1-13-22-8-9-27(13)18-10-17(23-12-24-18)25-19(29)11-28-20(30)7-6-16(26-28)14-2-4-15(21)5-3-14/h2-10,12H,11H2,1H3,(H,23,24,25,29). The maximum atomic E-state index is 13.1. The summed E-state index contributed by atoms with van der Waals surface area (Å²) in [5, 5.41) is 6.83. The Morgan fingerprint density at radius 3 is 2.63 bits per heavy atom. The summed E-state index contributed by atoms with van der Waals surface area (Å²) in [6.45, 7) is 1.52. The van der Waals surface area contributed by atoms with Crippen molar-refractivity contribution in [3.63, 3.8) is 0 Å². The Hall–Kier alpha value is -4.21. The fourth-order valence-electron chi connectivity index (χ4n) is 2.82. The van der Waals surface area contributed by atoms with Gasteiger partial charge in [-0.15, -0.1) is 0 Å². The Balaban J connectivity index is 1.52. The second-order valence-corrected chi connectivity index (χ2v) is 6.38. The molecule has 0 spiro atoms. The van der Waals surface area contributed by atoms with Crippen LogP contribution in [0.15, 0.2) is 66.0 Å². The van der Waals surface area contributed by atoms with Crippen LogP contribution < -0.4 is 10.9 Å². The SMILES string of the molecule is Cc1nccn1-c1cc(NC(=O)Cn2nc(-c3ccc(F)cc3)ccc2=O)ncn1. The highest BCUT2D eigenvalue weighted by Crippen LogP contribution is 2.15. The molecule has 0 aliphatic rings. The van der Waals surface area contributed by atoms with Crippen molar-refractivity contribution in [2.75, 3.05) is 5.32 Å². The van der Waals surface area contributed by atoms with Crippen molar-refractivity contribution >= 4 is 11.7 Å². The van der Waals surface area contributed by atoms with Gasteiger partial charge in [0.15, 0.2) is 0 Å². The van der Waals surface area contributed by atoms with Crippen molar-refractivity contribution in [1.29, 1.82) is 0 Å². The molecule has 0 saturated carbocycles. The summed E-state index contributed by atoms with van der Waals surface area (Å²) in [7, 11) is 0. The van der Waals surface area contributed by atoms with Crippen LogP contribution in [0.25, 0.3) is 17.1 Å². The van der Waals surface area contributed by atoms with Crippen LogP contribution in [0.1, 0.15) is 5.82 Å². The molecular formula is C20H16FN7O2. The van der Waals surface area contributed by atoms with E-state index in [2.05, 4.69) is 25.4 Å². The smallest absolute Gasteiger partial charge is 0.267 e. The number of aryl methyl sites for hydroxylation is 1. The predicted molar refractivity (Wildman–Crippen MR) is 106 cm³/mol. The van der Waals surface area contributed by atoms with Gasteiger partial charge in [-0.1, -0.05) is 0 Å². The number of hydrogen-bond acceptors (Lipinski definition) is 6. The maximum Gasteiger partial charge on any atom is 0.267 e. The van der Waals surface area contributed by atoms with E-state index in [1.54, 1.807) is 35.2 Å². The lowest BCUT2D eigenvalue weighted by Gasteiger charge is -2.09. The first kappa shape index (κ1) is 19.1. The van der Waals surface area contributed by atoms with Gasteiger partial charge in [0.2, 0.25) is 5.91 Å². The lowest BCUT2D eigenvalue weighted by Crippen LogP contribution is -2.29. The van der Waals surface area contributed by atoms with E-state index >= 15 is 0 Å². The Labute approximate surface area is 169 Å². The largest absolute Gasteiger partial charge is 0.309 e. The maximum absolute atomic E-state index is 13.1. The van der Waals surface area contributed by atoms with E-state index in [1.165, 1.54) is 30.6 Å². The van der Waals surface area contributed by atoms with Crippen LogP contribution in [-0.2, 0) is 11.3 Å². The second-order valence-electron chi connectivity index (χ2n) is 6.38. The zero-order valence-corrected chi connectivity index (χ0v) is 15.9. The van der Waals surface area contributed by atoms with Crippen LogP contribution in [-0.4, -0.2) is 35.2 Å². The fraction of sp³-hybridized carbons (Fsp3) is 0.100. The summed E-state index contributed by atoms with van der Waals surface area (Å²) in [5.74, 6) is 0.707. The van der Waals surface area contributed by atoms with E-state index in [4.69, 9.17) is 0 Å². The average molecular weight is 405 g/mol. The molecule has 0 fully saturated rings. The van der Waals surface area contributed by atoms with Crippen molar-refractivity contribution in [2.24, 2.45) is 0 Å². The lowest BCUT2D eigenvalue weighted by atomic mass is 10.1. The highest BCUT2D eigenvalue weighted by molar-refractivity contribution is 5.89. The Morgan fingerprint density at radius 2 is 1.90 bits per heavy atom. The van der Waals surface area contributed by atoms with Crippen molar-refractivity contribution in [3.05, 3.63) is 83.2 Å². The number of halogens is 1. The minimum atomic E-state index is -0.479. The van der Waals surface area contributed by atoms with E-state index in [0.717, 1.165) is 10.5 Å². The van der Waals surface area contributed by atoms with E-state index in [0.29, 0.717) is 17.1 Å². The molecule has 3 aromatic heterocycles. The van der Waals surface area contributed by atoms with Crippen molar-refractivity contribution in [3.8, 4) is 17.1 Å². The molecule has 10 heteroatoms. The minimum Gasteiger partial charge on any atom is -0.309 e. The number of benzene rings is 1. The number of carbonyl (C=O) groups excluding carboxylic acids is 1. The average Bonchev–Trinajstić information content (AvgIpc) is 3.16. The summed E-state index contributed by atoms with van der Waals surface area (Å²) in [6.07, 6.45) is 4.71. The molecule has 9 nitrogen and oxygen atoms in total. The topological polar surface area (TPSA) is 108 Å². The van der Waals surface area contributed by atoms with Gasteiger partial charge in [-0.2, -0.15) is 5.10 Å². The lowest BCUT2D eigenvalue weighted by molar-refractivity contribution is -0.117. The van der Waals surface area contributed by atoms with Gasteiger partial charge < -0.3 is 5.32 Å². The third-order valence-electron chi connectivity index (χ3n) is 4.29. The van der Waals surface area contributed by atoms with Gasteiger partial charge in [-0.3, -0.25) is 14.2 Å². The summed E-state index contributed by atoms with van der Waals surface area (Å²) >= 11 is 0. The van der Waals surface area contributed by atoms with Crippen LogP contribution >= 0.6 is 0 Å². The summed E-state index contributed by atoms with van der Waals surface area (Å²) in [6, 6.07) is 10.1. The zero-order chi connectivity index (χ0) is 21.1. The molecule has 1 N–H and O–H groups in total. The number of hydrogen-bond donors (Lipinski definition) is 1. The summed E-state index contributed by atoms with van der Waals surface area (Å²) in [4.78, 5) is 36.9. The molecule has 0 aliphatic carbocycles. The van der Waals surface area contributed by atoms with Gasteiger partial charge in [-0.05, 0) is 37.3 Å². The molecule has 30 heavy (non-hydrogen) atoms. The number of nitrogens with one attached hydrogen (secondary N) is 1. The van der Waals surface area contributed by atoms with Gasteiger partial charge in [0.05, 0.1) is 5.69 Å².